The Balaban J connectivity index is 1.99. The van der Waals surface area contributed by atoms with Gasteiger partial charge in [-0.1, -0.05) is 49.1 Å². The van der Waals surface area contributed by atoms with Gasteiger partial charge in [-0.15, -0.1) is 0 Å². The summed E-state index contributed by atoms with van der Waals surface area (Å²) < 4.78 is 1.71. The van der Waals surface area contributed by atoms with Gasteiger partial charge in [-0.05, 0) is 18.9 Å². The Morgan fingerprint density at radius 3 is 2.48 bits per heavy atom. The van der Waals surface area contributed by atoms with Gasteiger partial charge in [-0.2, -0.15) is 0 Å². The van der Waals surface area contributed by atoms with Crippen LogP contribution in [0.25, 0.3) is 10.9 Å². The van der Waals surface area contributed by atoms with Crippen LogP contribution in [0.5, 0.6) is 0 Å². The smallest absolute Gasteiger partial charge is 0.329 e. The van der Waals surface area contributed by atoms with Crippen molar-refractivity contribution < 1.29 is 14.7 Å². The molecular weight excluding hydrogens is 316 g/mol. The molecule has 1 amide bonds. The number of carboxylic acids is 1. The molecule has 0 atom stereocenters. The fourth-order valence-corrected chi connectivity index (χ4v) is 3.80. The Bertz CT molecular complexity index is 736. The van der Waals surface area contributed by atoms with Crippen LogP contribution in [-0.4, -0.2) is 27.1 Å². The number of aliphatic carboxylic acids is 1. The van der Waals surface area contributed by atoms with E-state index in [-0.39, 0.29) is 0 Å². The minimum Gasteiger partial charge on any atom is -0.480 e. The zero-order valence-electron chi connectivity index (χ0n) is 12.9. The summed E-state index contributed by atoms with van der Waals surface area (Å²) in [5.41, 5.74) is -0.0375. The van der Waals surface area contributed by atoms with E-state index in [9.17, 15) is 14.7 Å². The molecule has 1 aliphatic rings. The number of nitrogens with zero attached hydrogens (tertiary/aromatic N) is 1. The number of carbonyl (C=O) groups is 2. The van der Waals surface area contributed by atoms with Gasteiger partial charge in [-0.3, -0.25) is 4.79 Å². The highest BCUT2D eigenvalue weighted by molar-refractivity contribution is 6.38. The van der Waals surface area contributed by atoms with Crippen molar-refractivity contribution in [2.75, 3.05) is 0 Å². The maximum atomic E-state index is 12.8. The Kier molecular flexibility index (Phi) is 4.06. The van der Waals surface area contributed by atoms with Crippen LogP contribution in [0.3, 0.4) is 0 Å². The number of fused-ring (bicyclic) bond motifs is 1. The molecule has 0 saturated heterocycles. The molecule has 6 heteroatoms. The van der Waals surface area contributed by atoms with Crippen LogP contribution in [0.15, 0.2) is 24.3 Å². The van der Waals surface area contributed by atoms with Crippen LogP contribution < -0.4 is 5.32 Å². The summed E-state index contributed by atoms with van der Waals surface area (Å²) in [5, 5.41) is 13.5. The van der Waals surface area contributed by atoms with Crippen molar-refractivity contribution in [3.05, 3.63) is 35.0 Å². The van der Waals surface area contributed by atoms with E-state index in [0.29, 0.717) is 23.6 Å². The fraction of sp³-hybridized carbons (Fsp3) is 0.412. The Hall–Kier alpha value is -2.01. The molecule has 1 saturated carbocycles. The summed E-state index contributed by atoms with van der Waals surface area (Å²) in [6, 6.07) is 7.46. The van der Waals surface area contributed by atoms with E-state index >= 15 is 0 Å². The fourth-order valence-electron chi connectivity index (χ4n) is 3.42. The van der Waals surface area contributed by atoms with Gasteiger partial charge in [0.15, 0.2) is 0 Å². The van der Waals surface area contributed by atoms with Crippen LogP contribution in [0.1, 0.15) is 42.6 Å². The maximum absolute atomic E-state index is 12.8. The third-order valence-electron chi connectivity index (χ3n) is 4.73. The lowest BCUT2D eigenvalue weighted by Gasteiger charge is -2.34. The highest BCUT2D eigenvalue weighted by atomic mass is 35.5. The Labute approximate surface area is 139 Å². The summed E-state index contributed by atoms with van der Waals surface area (Å²) in [4.78, 5) is 24.5. The molecular formula is C17H19ClN2O3. The lowest BCUT2D eigenvalue weighted by atomic mass is 9.81. The number of carboxylic acid groups (broad SMARTS) is 1. The molecule has 2 aromatic rings. The first-order chi connectivity index (χ1) is 11.0. The summed E-state index contributed by atoms with van der Waals surface area (Å²) in [5.74, 6) is -1.40. The van der Waals surface area contributed by atoms with Crippen LogP contribution >= 0.6 is 11.6 Å². The lowest BCUT2D eigenvalue weighted by molar-refractivity contribution is -0.145. The number of amides is 1. The predicted octanol–water partition coefficient (Wildman–Crippen LogP) is 3.35. The van der Waals surface area contributed by atoms with Crippen molar-refractivity contribution in [2.24, 2.45) is 7.05 Å². The van der Waals surface area contributed by atoms with Crippen molar-refractivity contribution in [2.45, 2.75) is 37.6 Å². The summed E-state index contributed by atoms with van der Waals surface area (Å²) in [6.07, 6.45) is 3.51. The number of rotatable bonds is 3. The molecule has 122 valence electrons. The topological polar surface area (TPSA) is 71.3 Å². The maximum Gasteiger partial charge on any atom is 0.329 e. The largest absolute Gasteiger partial charge is 0.480 e. The number of nitrogens with one attached hydrogen (secondary N) is 1. The number of benzene rings is 1. The third kappa shape index (κ3) is 2.59. The number of aryl methyl sites for hydroxylation is 1. The second kappa shape index (κ2) is 5.89. The molecule has 1 fully saturated rings. The molecule has 3 rings (SSSR count). The average molecular weight is 335 g/mol. The number of para-hydroxylation sites is 1. The predicted molar refractivity (Wildman–Crippen MR) is 88.8 cm³/mol. The van der Waals surface area contributed by atoms with Crippen LogP contribution in [0.4, 0.5) is 0 Å². The van der Waals surface area contributed by atoms with Crippen molar-refractivity contribution >= 4 is 34.4 Å². The molecule has 1 aromatic heterocycles. The van der Waals surface area contributed by atoms with Crippen molar-refractivity contribution in [1.82, 2.24) is 9.88 Å². The molecule has 1 heterocycles. The standard InChI is InChI=1S/C17H19ClN2O3/c1-20-12-8-4-3-7-11(12)13(18)14(20)15(21)19-17(16(22)23)9-5-2-6-10-17/h3-4,7-8H,2,5-6,9-10H2,1H3,(H,19,21)(H,22,23). The number of hydrogen-bond acceptors (Lipinski definition) is 2. The van der Waals surface area contributed by atoms with Crippen molar-refractivity contribution in [3.8, 4) is 0 Å². The Morgan fingerprint density at radius 1 is 1.22 bits per heavy atom. The molecule has 1 aromatic carbocycles. The minimum atomic E-state index is -1.19. The SMILES string of the molecule is Cn1c(C(=O)NC2(C(=O)O)CCCCC2)c(Cl)c2ccccc21. The van der Waals surface area contributed by atoms with Gasteiger partial charge in [0.25, 0.3) is 5.91 Å². The summed E-state index contributed by atoms with van der Waals surface area (Å²) >= 11 is 6.37. The molecule has 0 radical (unpaired) electrons. The van der Waals surface area contributed by atoms with Gasteiger partial charge in [0.05, 0.1) is 5.02 Å². The average Bonchev–Trinajstić information content (AvgIpc) is 2.80. The highest BCUT2D eigenvalue weighted by Gasteiger charge is 2.41. The monoisotopic (exact) mass is 334 g/mol. The molecule has 0 spiro atoms. The van der Waals surface area contributed by atoms with E-state index in [2.05, 4.69) is 5.32 Å². The summed E-state index contributed by atoms with van der Waals surface area (Å²) in [6.45, 7) is 0. The number of carbonyl (C=O) groups excluding carboxylic acids is 1. The van der Waals surface area contributed by atoms with E-state index in [1.54, 1.807) is 11.6 Å². The number of aromatic nitrogens is 1. The minimum absolute atomic E-state index is 0.305. The van der Waals surface area contributed by atoms with Crippen molar-refractivity contribution in [1.29, 1.82) is 0 Å². The van der Waals surface area contributed by atoms with E-state index in [4.69, 9.17) is 11.6 Å². The Morgan fingerprint density at radius 2 is 1.87 bits per heavy atom. The van der Waals surface area contributed by atoms with Crippen LogP contribution in [0.2, 0.25) is 5.02 Å². The zero-order valence-corrected chi connectivity index (χ0v) is 13.7. The van der Waals surface area contributed by atoms with E-state index in [1.165, 1.54) is 0 Å². The summed E-state index contributed by atoms with van der Waals surface area (Å²) in [7, 11) is 1.76. The van der Waals surface area contributed by atoms with E-state index in [0.717, 1.165) is 30.2 Å². The van der Waals surface area contributed by atoms with Gasteiger partial charge >= 0.3 is 5.97 Å². The molecule has 1 aliphatic carbocycles. The number of hydrogen-bond donors (Lipinski definition) is 2. The van der Waals surface area contributed by atoms with Crippen LogP contribution in [0, 0.1) is 0 Å². The van der Waals surface area contributed by atoms with Gasteiger partial charge in [0, 0.05) is 18.0 Å². The van der Waals surface area contributed by atoms with Crippen LogP contribution in [-0.2, 0) is 11.8 Å². The molecule has 5 nitrogen and oxygen atoms in total. The van der Waals surface area contributed by atoms with Gasteiger partial charge < -0.3 is 15.0 Å². The third-order valence-corrected chi connectivity index (χ3v) is 5.11. The van der Waals surface area contributed by atoms with Gasteiger partial charge in [-0.25, -0.2) is 4.79 Å². The zero-order chi connectivity index (χ0) is 16.6. The van der Waals surface area contributed by atoms with E-state index in [1.807, 2.05) is 24.3 Å². The van der Waals surface area contributed by atoms with Gasteiger partial charge in [0.2, 0.25) is 0 Å². The first-order valence-electron chi connectivity index (χ1n) is 7.75. The second-order valence-electron chi connectivity index (χ2n) is 6.14. The molecule has 0 aliphatic heterocycles. The highest BCUT2D eigenvalue weighted by Crippen LogP contribution is 2.32. The van der Waals surface area contributed by atoms with Gasteiger partial charge in [0.1, 0.15) is 11.2 Å². The normalized spacial score (nSPS) is 17.1. The first kappa shape index (κ1) is 15.9. The quantitative estimate of drug-likeness (QED) is 0.904. The molecule has 0 unspecified atom stereocenters. The molecule has 0 bridgehead atoms. The van der Waals surface area contributed by atoms with E-state index < -0.39 is 17.4 Å². The van der Waals surface area contributed by atoms with Crippen molar-refractivity contribution in [3.63, 3.8) is 0 Å². The molecule has 2 N–H and O–H groups in total. The lowest BCUT2D eigenvalue weighted by Crippen LogP contribution is -2.55. The molecule has 23 heavy (non-hydrogen) atoms. The second-order valence-corrected chi connectivity index (χ2v) is 6.52. The number of halogens is 1. The first-order valence-corrected chi connectivity index (χ1v) is 8.13.